The summed E-state index contributed by atoms with van der Waals surface area (Å²) in [5.41, 5.74) is 0. The number of amides is 1. The van der Waals surface area contributed by atoms with Crippen molar-refractivity contribution in [1.82, 2.24) is 9.80 Å². The highest BCUT2D eigenvalue weighted by molar-refractivity contribution is 7.10. The first-order chi connectivity index (χ1) is 11.7. The zero-order valence-corrected chi connectivity index (χ0v) is 15.3. The summed E-state index contributed by atoms with van der Waals surface area (Å²) in [6, 6.07) is 4.92. The number of ether oxygens (including phenoxy) is 1. The summed E-state index contributed by atoms with van der Waals surface area (Å²) in [6.45, 7) is 2.30. The Morgan fingerprint density at radius 2 is 1.88 bits per heavy atom. The van der Waals surface area contributed by atoms with E-state index in [0.29, 0.717) is 36.6 Å². The molecule has 0 N–H and O–H groups in total. The lowest BCUT2D eigenvalue weighted by Crippen LogP contribution is -2.50. The molecule has 1 aromatic rings. The van der Waals surface area contributed by atoms with Crippen molar-refractivity contribution in [1.29, 1.82) is 0 Å². The maximum absolute atomic E-state index is 12.7. The van der Waals surface area contributed by atoms with Crippen molar-refractivity contribution in [2.24, 2.45) is 0 Å². The van der Waals surface area contributed by atoms with Crippen LogP contribution in [0, 0.1) is 0 Å². The van der Waals surface area contributed by atoms with Gasteiger partial charge in [-0.3, -0.25) is 4.79 Å². The van der Waals surface area contributed by atoms with Crippen molar-refractivity contribution in [3.8, 4) is 0 Å². The number of thiophene rings is 1. The molecule has 4 heterocycles. The van der Waals surface area contributed by atoms with Gasteiger partial charge in [0.25, 0.3) is 0 Å². The van der Waals surface area contributed by atoms with Crippen LogP contribution in [0.1, 0.15) is 43.4 Å². The van der Waals surface area contributed by atoms with Crippen molar-refractivity contribution in [2.75, 3.05) is 20.1 Å². The van der Waals surface area contributed by atoms with Gasteiger partial charge in [-0.2, -0.15) is 0 Å². The van der Waals surface area contributed by atoms with Gasteiger partial charge in [0.1, 0.15) is 0 Å². The lowest BCUT2D eigenvalue weighted by Gasteiger charge is -2.41. The fourth-order valence-electron chi connectivity index (χ4n) is 4.69. The standard InChI is InChI=1S/C19H28N2O2S/c1-20-8-6-16(7-9-20)23-17-11-14-4-5-15(12-17)21(14)19(22)13-18-3-2-10-24-18/h2-3,10,14-17H,4-9,11-13H2,1H3/t14-,15+,17?. The van der Waals surface area contributed by atoms with Gasteiger partial charge in [0.15, 0.2) is 0 Å². The average Bonchev–Trinajstić information content (AvgIpc) is 3.16. The molecule has 0 radical (unpaired) electrons. The number of carbonyl (C=O) groups is 1. The van der Waals surface area contributed by atoms with Crippen LogP contribution in [0.25, 0.3) is 0 Å². The fraction of sp³-hybridized carbons (Fsp3) is 0.737. The second kappa shape index (κ2) is 7.14. The van der Waals surface area contributed by atoms with E-state index in [1.165, 1.54) is 4.88 Å². The molecule has 1 aromatic heterocycles. The van der Waals surface area contributed by atoms with Crippen LogP contribution in [0.4, 0.5) is 0 Å². The largest absolute Gasteiger partial charge is 0.375 e. The Hall–Kier alpha value is -0.910. The molecule has 4 rings (SSSR count). The van der Waals surface area contributed by atoms with Gasteiger partial charge in [-0.15, -0.1) is 11.3 Å². The third-order valence-electron chi connectivity index (χ3n) is 5.93. The normalized spacial score (nSPS) is 31.5. The molecule has 24 heavy (non-hydrogen) atoms. The van der Waals surface area contributed by atoms with Crippen molar-refractivity contribution >= 4 is 17.2 Å². The molecule has 0 aromatic carbocycles. The van der Waals surface area contributed by atoms with E-state index in [0.717, 1.165) is 51.6 Å². The molecular weight excluding hydrogens is 320 g/mol. The van der Waals surface area contributed by atoms with Crippen LogP contribution < -0.4 is 0 Å². The maximum atomic E-state index is 12.7. The molecule has 5 heteroatoms. The number of piperidine rings is 2. The highest BCUT2D eigenvalue weighted by atomic mass is 32.1. The topological polar surface area (TPSA) is 32.8 Å². The number of likely N-dealkylation sites (tertiary alicyclic amines) is 1. The summed E-state index contributed by atoms with van der Waals surface area (Å²) in [6.07, 6.45) is 8.08. The van der Waals surface area contributed by atoms with Crippen molar-refractivity contribution < 1.29 is 9.53 Å². The minimum Gasteiger partial charge on any atom is -0.375 e. The number of hydrogen-bond donors (Lipinski definition) is 0. The first-order valence-corrected chi connectivity index (χ1v) is 10.2. The van der Waals surface area contributed by atoms with Crippen LogP contribution in [0.2, 0.25) is 0 Å². The quantitative estimate of drug-likeness (QED) is 0.839. The molecule has 0 saturated carbocycles. The molecule has 1 unspecified atom stereocenters. The molecule has 0 spiro atoms. The van der Waals surface area contributed by atoms with E-state index in [1.807, 2.05) is 6.07 Å². The molecule has 3 fully saturated rings. The predicted octanol–water partition coefficient (Wildman–Crippen LogP) is 2.92. The number of carbonyl (C=O) groups excluding carboxylic acids is 1. The predicted molar refractivity (Wildman–Crippen MR) is 96.3 cm³/mol. The molecular formula is C19H28N2O2S. The van der Waals surface area contributed by atoms with E-state index < -0.39 is 0 Å². The Balaban J connectivity index is 1.33. The van der Waals surface area contributed by atoms with Gasteiger partial charge < -0.3 is 14.5 Å². The molecule has 2 bridgehead atoms. The Morgan fingerprint density at radius 3 is 2.50 bits per heavy atom. The van der Waals surface area contributed by atoms with Crippen LogP contribution in [0.15, 0.2) is 17.5 Å². The number of rotatable bonds is 4. The molecule has 132 valence electrons. The van der Waals surface area contributed by atoms with Crippen LogP contribution in [-0.2, 0) is 16.0 Å². The first-order valence-electron chi connectivity index (χ1n) is 9.36. The summed E-state index contributed by atoms with van der Waals surface area (Å²) in [7, 11) is 2.19. The van der Waals surface area contributed by atoms with Crippen LogP contribution in [0.3, 0.4) is 0 Å². The summed E-state index contributed by atoms with van der Waals surface area (Å²) < 4.78 is 6.43. The number of hydrogen-bond acceptors (Lipinski definition) is 4. The molecule has 3 saturated heterocycles. The molecule has 3 atom stereocenters. The number of fused-ring (bicyclic) bond motifs is 2. The van der Waals surface area contributed by atoms with Crippen LogP contribution in [-0.4, -0.2) is 60.1 Å². The lowest BCUT2D eigenvalue weighted by atomic mass is 9.98. The second-order valence-corrected chi connectivity index (χ2v) is 8.71. The van der Waals surface area contributed by atoms with Gasteiger partial charge in [-0.25, -0.2) is 0 Å². The van der Waals surface area contributed by atoms with E-state index in [2.05, 4.69) is 28.3 Å². The zero-order valence-electron chi connectivity index (χ0n) is 14.5. The first kappa shape index (κ1) is 16.6. The van der Waals surface area contributed by atoms with Gasteiger partial charge >= 0.3 is 0 Å². The van der Waals surface area contributed by atoms with E-state index in [1.54, 1.807) is 11.3 Å². The second-order valence-electron chi connectivity index (χ2n) is 7.67. The van der Waals surface area contributed by atoms with Gasteiger partial charge in [0.2, 0.25) is 5.91 Å². The summed E-state index contributed by atoms with van der Waals surface area (Å²) in [5, 5.41) is 2.05. The van der Waals surface area contributed by atoms with Gasteiger partial charge in [0.05, 0.1) is 18.6 Å². The summed E-state index contributed by atoms with van der Waals surface area (Å²) >= 11 is 1.69. The minimum atomic E-state index is 0.322. The highest BCUT2D eigenvalue weighted by Crippen LogP contribution is 2.38. The molecule has 0 aliphatic carbocycles. The average molecular weight is 349 g/mol. The Bertz CT molecular complexity index is 540. The van der Waals surface area contributed by atoms with E-state index in [4.69, 9.17) is 4.74 Å². The van der Waals surface area contributed by atoms with Gasteiger partial charge in [-0.05, 0) is 57.0 Å². The van der Waals surface area contributed by atoms with Gasteiger partial charge in [-0.1, -0.05) is 6.07 Å². The van der Waals surface area contributed by atoms with Gasteiger partial charge in [0, 0.05) is 30.1 Å². The Morgan fingerprint density at radius 1 is 1.17 bits per heavy atom. The number of nitrogens with zero attached hydrogens (tertiary/aromatic N) is 2. The zero-order chi connectivity index (χ0) is 16.5. The fourth-order valence-corrected chi connectivity index (χ4v) is 5.39. The third-order valence-corrected chi connectivity index (χ3v) is 6.81. The monoisotopic (exact) mass is 348 g/mol. The van der Waals surface area contributed by atoms with Crippen LogP contribution in [0.5, 0.6) is 0 Å². The smallest absolute Gasteiger partial charge is 0.228 e. The lowest BCUT2D eigenvalue weighted by molar-refractivity contribution is -0.140. The Kier molecular flexibility index (Phi) is 4.93. The van der Waals surface area contributed by atoms with Crippen molar-refractivity contribution in [2.45, 2.75) is 69.2 Å². The molecule has 3 aliphatic heterocycles. The third kappa shape index (κ3) is 3.53. The van der Waals surface area contributed by atoms with E-state index in [9.17, 15) is 4.79 Å². The summed E-state index contributed by atoms with van der Waals surface area (Å²) in [5.74, 6) is 0.322. The molecule has 1 amide bonds. The minimum absolute atomic E-state index is 0.322. The van der Waals surface area contributed by atoms with Crippen molar-refractivity contribution in [3.63, 3.8) is 0 Å². The highest BCUT2D eigenvalue weighted by Gasteiger charge is 2.44. The molecule has 4 nitrogen and oxygen atoms in total. The van der Waals surface area contributed by atoms with Crippen LogP contribution >= 0.6 is 11.3 Å². The van der Waals surface area contributed by atoms with E-state index in [-0.39, 0.29) is 0 Å². The van der Waals surface area contributed by atoms with Crippen molar-refractivity contribution in [3.05, 3.63) is 22.4 Å². The maximum Gasteiger partial charge on any atom is 0.228 e. The SMILES string of the molecule is CN1CCC(OC2C[C@H]3CC[C@@H](C2)N3C(=O)Cc2cccs2)CC1. The summed E-state index contributed by atoms with van der Waals surface area (Å²) in [4.78, 5) is 18.5. The van der Waals surface area contributed by atoms with E-state index >= 15 is 0 Å². The molecule has 3 aliphatic rings. The Labute approximate surface area is 148 Å².